The van der Waals surface area contributed by atoms with E-state index in [2.05, 4.69) is 0 Å². The van der Waals surface area contributed by atoms with Crippen LogP contribution in [0.15, 0.2) is 85.2 Å². The van der Waals surface area contributed by atoms with Gasteiger partial charge in [-0.3, -0.25) is 34.7 Å². The van der Waals surface area contributed by atoms with Crippen molar-refractivity contribution < 1.29 is 56.7 Å². The van der Waals surface area contributed by atoms with Crippen LogP contribution in [0.5, 0.6) is 23.0 Å². The van der Waals surface area contributed by atoms with Crippen molar-refractivity contribution in [2.24, 2.45) is 0 Å². The Hall–Kier alpha value is -7.37. The molecule has 0 aromatic heterocycles. The molecule has 2 heterocycles. The summed E-state index contributed by atoms with van der Waals surface area (Å²) in [5, 5.41) is 24.4. The van der Waals surface area contributed by atoms with Gasteiger partial charge in [-0.2, -0.15) is 0 Å². The van der Waals surface area contributed by atoms with Gasteiger partial charge >= 0.3 is 5.97 Å². The Labute approximate surface area is 335 Å². The number of nitrogens with zero attached hydrogens (tertiary/aromatic N) is 4. The average Bonchev–Trinajstić information content (AvgIpc) is 3.92. The van der Waals surface area contributed by atoms with Crippen molar-refractivity contribution in [1.29, 1.82) is 0 Å². The Morgan fingerprint density at radius 3 is 1.66 bits per heavy atom. The van der Waals surface area contributed by atoms with Crippen LogP contribution < -0.4 is 18.9 Å². The van der Waals surface area contributed by atoms with E-state index in [0.717, 1.165) is 41.3 Å². The van der Waals surface area contributed by atoms with Crippen molar-refractivity contribution in [2.75, 3.05) is 41.1 Å². The van der Waals surface area contributed by atoms with E-state index in [-0.39, 0.29) is 61.2 Å². The number of carbonyl (C=O) groups is 3. The predicted octanol–water partition coefficient (Wildman–Crippen LogP) is 6.96. The Balaban J connectivity index is 1.14. The van der Waals surface area contributed by atoms with Gasteiger partial charge in [0, 0.05) is 43.9 Å². The zero-order valence-electron chi connectivity index (χ0n) is 31.8. The lowest BCUT2D eigenvalue weighted by Crippen LogP contribution is -2.39. The minimum absolute atomic E-state index is 0.0106. The van der Waals surface area contributed by atoms with Gasteiger partial charge in [-0.05, 0) is 53.0 Å². The molecule has 0 saturated heterocycles. The maximum absolute atomic E-state index is 13.9. The quantitative estimate of drug-likeness (QED) is 0.0520. The molecule has 0 N–H and O–H groups in total. The summed E-state index contributed by atoms with van der Waals surface area (Å²) in [6.07, 6.45) is 3.55. The number of rotatable bonds is 15. The molecule has 0 bridgehead atoms. The van der Waals surface area contributed by atoms with Gasteiger partial charge in [0.1, 0.15) is 28.8 Å². The SMILES string of the molecule is COC(=O)C1CC(c2ccc(F)cc2)=CN1C(=O)c1cc(OC)c(OCCCOc2cc([N+](=O)[O-])c(C(=O)N3C=C(c4ccc(F)cc4)CC3)cc2OC)cc1[N+](=O)[O-]. The maximum Gasteiger partial charge on any atom is 0.329 e. The smallest absolute Gasteiger partial charge is 0.329 e. The fraction of sp³-hybridized carbons (Fsp3) is 0.244. The molecule has 306 valence electrons. The molecular formula is C41H36F2N4O12. The van der Waals surface area contributed by atoms with Crippen LogP contribution in [0.25, 0.3) is 11.1 Å². The fourth-order valence-corrected chi connectivity index (χ4v) is 6.61. The third-order valence-electron chi connectivity index (χ3n) is 9.60. The molecule has 1 unspecified atom stereocenters. The summed E-state index contributed by atoms with van der Waals surface area (Å²) in [6, 6.07) is 14.5. The molecule has 2 aliphatic heterocycles. The van der Waals surface area contributed by atoms with Crippen molar-refractivity contribution in [1.82, 2.24) is 9.80 Å². The van der Waals surface area contributed by atoms with Crippen molar-refractivity contribution in [3.8, 4) is 23.0 Å². The van der Waals surface area contributed by atoms with E-state index < -0.39 is 62.2 Å². The highest BCUT2D eigenvalue weighted by Crippen LogP contribution is 2.39. The zero-order valence-corrected chi connectivity index (χ0v) is 31.8. The van der Waals surface area contributed by atoms with Gasteiger partial charge in [-0.1, -0.05) is 24.3 Å². The number of carbonyl (C=O) groups excluding carboxylic acids is 3. The lowest BCUT2D eigenvalue weighted by molar-refractivity contribution is -0.385. The first-order chi connectivity index (χ1) is 28.3. The van der Waals surface area contributed by atoms with Crippen molar-refractivity contribution in [3.05, 3.63) is 139 Å². The van der Waals surface area contributed by atoms with E-state index in [0.29, 0.717) is 17.6 Å². The molecular weight excluding hydrogens is 778 g/mol. The Morgan fingerprint density at radius 2 is 1.19 bits per heavy atom. The summed E-state index contributed by atoms with van der Waals surface area (Å²) in [5.74, 6) is -3.29. The summed E-state index contributed by atoms with van der Waals surface area (Å²) in [5.41, 5.74) is 0.715. The number of amides is 2. The van der Waals surface area contributed by atoms with Crippen LogP contribution in [0.3, 0.4) is 0 Å². The summed E-state index contributed by atoms with van der Waals surface area (Å²) in [6.45, 7) is 0.0750. The van der Waals surface area contributed by atoms with E-state index in [9.17, 15) is 43.4 Å². The van der Waals surface area contributed by atoms with Gasteiger partial charge < -0.3 is 28.6 Å². The zero-order chi connectivity index (χ0) is 42.4. The van der Waals surface area contributed by atoms with Crippen LogP contribution in [0.1, 0.15) is 51.1 Å². The number of methoxy groups -OCH3 is 3. The van der Waals surface area contributed by atoms with Crippen LogP contribution in [-0.4, -0.2) is 84.6 Å². The molecule has 1 atom stereocenters. The number of hydrogen-bond donors (Lipinski definition) is 0. The highest BCUT2D eigenvalue weighted by Gasteiger charge is 2.39. The van der Waals surface area contributed by atoms with Gasteiger partial charge in [-0.25, -0.2) is 13.6 Å². The molecule has 16 nitrogen and oxygen atoms in total. The number of nitro groups is 2. The van der Waals surface area contributed by atoms with Crippen molar-refractivity contribution >= 4 is 40.3 Å². The summed E-state index contributed by atoms with van der Waals surface area (Å²) < 4.78 is 54.2. The lowest BCUT2D eigenvalue weighted by Gasteiger charge is -2.22. The van der Waals surface area contributed by atoms with Crippen LogP contribution in [0.2, 0.25) is 0 Å². The van der Waals surface area contributed by atoms with E-state index >= 15 is 0 Å². The lowest BCUT2D eigenvalue weighted by atomic mass is 10.0. The molecule has 2 amide bonds. The van der Waals surface area contributed by atoms with E-state index in [1.54, 1.807) is 18.3 Å². The molecule has 59 heavy (non-hydrogen) atoms. The van der Waals surface area contributed by atoms with E-state index in [1.807, 2.05) is 0 Å². The highest BCUT2D eigenvalue weighted by atomic mass is 19.1. The summed E-state index contributed by atoms with van der Waals surface area (Å²) in [4.78, 5) is 65.3. The monoisotopic (exact) mass is 814 g/mol. The first-order valence-electron chi connectivity index (χ1n) is 18.0. The fourth-order valence-electron chi connectivity index (χ4n) is 6.61. The predicted molar refractivity (Wildman–Crippen MR) is 206 cm³/mol. The normalized spacial score (nSPS) is 14.6. The topological polar surface area (TPSA) is 190 Å². The molecule has 4 aromatic rings. The summed E-state index contributed by atoms with van der Waals surface area (Å²) >= 11 is 0. The van der Waals surface area contributed by atoms with Gasteiger partial charge in [0.15, 0.2) is 23.0 Å². The first kappa shape index (κ1) is 41.3. The van der Waals surface area contributed by atoms with Crippen LogP contribution in [-0.2, 0) is 9.53 Å². The second-order valence-corrected chi connectivity index (χ2v) is 13.1. The third-order valence-corrected chi connectivity index (χ3v) is 9.60. The molecule has 0 aliphatic carbocycles. The minimum atomic E-state index is -1.16. The molecule has 6 rings (SSSR count). The number of esters is 1. The molecule has 0 fully saturated rings. The van der Waals surface area contributed by atoms with E-state index in [4.69, 9.17) is 23.7 Å². The van der Waals surface area contributed by atoms with E-state index in [1.165, 1.54) is 67.8 Å². The summed E-state index contributed by atoms with van der Waals surface area (Å²) in [7, 11) is 3.72. The van der Waals surface area contributed by atoms with Crippen molar-refractivity contribution in [2.45, 2.75) is 25.3 Å². The average molecular weight is 815 g/mol. The van der Waals surface area contributed by atoms with Crippen LogP contribution in [0, 0.1) is 31.9 Å². The second-order valence-electron chi connectivity index (χ2n) is 13.1. The molecule has 0 spiro atoms. The van der Waals surface area contributed by atoms with Gasteiger partial charge in [-0.15, -0.1) is 0 Å². The number of hydrogen-bond acceptors (Lipinski definition) is 12. The molecule has 18 heteroatoms. The number of halogens is 2. The van der Waals surface area contributed by atoms with Gasteiger partial charge in [0.05, 0.1) is 56.5 Å². The van der Waals surface area contributed by atoms with Crippen LogP contribution >= 0.6 is 0 Å². The third kappa shape index (κ3) is 8.96. The maximum atomic E-state index is 13.9. The molecule has 0 saturated carbocycles. The Bertz CT molecular complexity index is 2370. The minimum Gasteiger partial charge on any atom is -0.493 e. The standard InChI is InChI=1S/C41H36F2N4O12/c1-55-35-18-30(39(48)44-14-13-26(22-44)24-5-9-28(42)10-6-24)32(46(51)52)20-37(35)58-15-4-16-59-38-21-33(47(53)54)31(19-36(38)56-2)40(49)45-23-27(17-34(45)41(50)57-3)25-7-11-29(43)12-8-25/h5-12,18-23,34H,4,13-17H2,1-3H3. The largest absolute Gasteiger partial charge is 0.493 e. The molecule has 4 aromatic carbocycles. The number of benzene rings is 4. The van der Waals surface area contributed by atoms with Gasteiger partial charge in [0.2, 0.25) is 0 Å². The second kappa shape index (κ2) is 17.8. The number of nitro benzene ring substituents is 2. The highest BCUT2D eigenvalue weighted by molar-refractivity contribution is 6.03. The van der Waals surface area contributed by atoms with Gasteiger partial charge in [0.25, 0.3) is 23.2 Å². The Kier molecular flexibility index (Phi) is 12.5. The number of ether oxygens (including phenoxy) is 5. The van der Waals surface area contributed by atoms with Crippen molar-refractivity contribution in [3.63, 3.8) is 0 Å². The Morgan fingerprint density at radius 1 is 0.695 bits per heavy atom. The molecule has 0 radical (unpaired) electrons. The molecule has 2 aliphatic rings. The first-order valence-corrected chi connectivity index (χ1v) is 18.0. The van der Waals surface area contributed by atoms with Crippen LogP contribution in [0.4, 0.5) is 20.2 Å².